The number of carboxylic acid groups (broad SMARTS) is 2. The van der Waals surface area contributed by atoms with Gasteiger partial charge in [0.15, 0.2) is 0 Å². The number of ether oxygens (including phenoxy) is 1. The molecule has 3 heterocycles. The summed E-state index contributed by atoms with van der Waals surface area (Å²) < 4.78 is 108. The topological polar surface area (TPSA) is 166 Å². The number of aliphatic carboxylic acids is 2. The molecule has 0 bridgehead atoms. The van der Waals surface area contributed by atoms with Crippen LogP contribution in [-0.4, -0.2) is 81.0 Å². The third-order valence-electron chi connectivity index (χ3n) is 8.42. The van der Waals surface area contributed by atoms with Crippen LogP contribution < -0.4 is 20.7 Å². The van der Waals surface area contributed by atoms with E-state index in [1.54, 1.807) is 18.2 Å². The molecule has 0 spiro atoms. The van der Waals surface area contributed by atoms with E-state index in [4.69, 9.17) is 36.1 Å². The van der Waals surface area contributed by atoms with Crippen molar-refractivity contribution < 1.29 is 68.8 Å². The normalized spacial score (nSPS) is 14.6. The van der Waals surface area contributed by atoms with E-state index in [9.17, 15) is 44.3 Å². The summed E-state index contributed by atoms with van der Waals surface area (Å²) in [5.41, 5.74) is 2.28. The lowest BCUT2D eigenvalue weighted by Gasteiger charge is -2.32. The first-order valence-corrected chi connectivity index (χ1v) is 17.9. The summed E-state index contributed by atoms with van der Waals surface area (Å²) in [4.78, 5) is 42.4. The highest BCUT2D eigenvalue weighted by Crippen LogP contribution is 2.37. The van der Waals surface area contributed by atoms with E-state index >= 15 is 0 Å². The highest BCUT2D eigenvalue weighted by Gasteiger charge is 2.39. The lowest BCUT2D eigenvalue weighted by molar-refractivity contribution is -0.193. The summed E-state index contributed by atoms with van der Waals surface area (Å²) in [5.74, 6) is -4.37. The molecule has 1 aromatic heterocycles. The number of anilines is 3. The Morgan fingerprint density at radius 1 is 0.850 bits per heavy atom. The van der Waals surface area contributed by atoms with E-state index in [0.29, 0.717) is 41.4 Å². The van der Waals surface area contributed by atoms with Gasteiger partial charge in [-0.15, -0.1) is 0 Å². The van der Waals surface area contributed by atoms with Crippen molar-refractivity contribution in [2.24, 2.45) is 0 Å². The zero-order valence-electron chi connectivity index (χ0n) is 30.8. The van der Waals surface area contributed by atoms with Crippen LogP contribution in [0.25, 0.3) is 6.08 Å². The largest absolute Gasteiger partial charge is 0.490 e. The summed E-state index contributed by atoms with van der Waals surface area (Å²) in [6, 6.07) is 19.9. The average molecular weight is 877 g/mol. The van der Waals surface area contributed by atoms with Crippen molar-refractivity contribution in [3.8, 4) is 11.5 Å². The molecular formula is C38H34ClF9N6O6. The third-order valence-corrected chi connectivity index (χ3v) is 8.72. The second-order valence-electron chi connectivity index (χ2n) is 12.8. The Balaban J connectivity index is 0.000000488. The maximum absolute atomic E-state index is 13.4. The summed E-state index contributed by atoms with van der Waals surface area (Å²) >= 11 is 6.45. The van der Waals surface area contributed by atoms with Gasteiger partial charge in [0.1, 0.15) is 29.5 Å². The molecule has 0 aliphatic carbocycles. The van der Waals surface area contributed by atoms with Gasteiger partial charge in [-0.3, -0.25) is 9.69 Å². The molecule has 0 atom stereocenters. The van der Waals surface area contributed by atoms with E-state index in [-0.39, 0.29) is 28.5 Å². The second-order valence-corrected chi connectivity index (χ2v) is 13.3. The number of hydrogen-bond donors (Lipinski definition) is 5. The number of fused-ring (bicyclic) bond motifs is 1. The number of nitrogens with zero attached hydrogens (tertiary/aromatic N) is 3. The maximum atomic E-state index is 13.4. The lowest BCUT2D eigenvalue weighted by Crippen LogP contribution is -2.44. The second kappa shape index (κ2) is 20.2. The van der Waals surface area contributed by atoms with Crippen molar-refractivity contribution in [3.05, 3.63) is 106 Å². The predicted molar refractivity (Wildman–Crippen MR) is 200 cm³/mol. The molecular weight excluding hydrogens is 843 g/mol. The van der Waals surface area contributed by atoms with Crippen LogP contribution >= 0.6 is 11.6 Å². The SMILES string of the molecule is O=C(NC1CCN(Cc2ccccc2)CC1)C1=Cc2c(ncnc2Nc2ccc(Oc3cccc(C(F)(F)F)c3)c(Cl)c2)NCC1.O=C(O)C(F)(F)F.O=C(O)C(F)(F)F. The molecule has 60 heavy (non-hydrogen) atoms. The number of nitrogens with one attached hydrogen (secondary N) is 3. The summed E-state index contributed by atoms with van der Waals surface area (Å²) in [6.45, 7) is 3.27. The number of hydrogen-bond acceptors (Lipinski definition) is 9. The summed E-state index contributed by atoms with van der Waals surface area (Å²) in [6.07, 6.45) is -9.15. The Kier molecular flexibility index (Phi) is 15.7. The number of amides is 1. The number of carbonyl (C=O) groups excluding carboxylic acids is 1. The number of halogens is 10. The molecule has 5 N–H and O–H groups in total. The van der Waals surface area contributed by atoms with Gasteiger partial charge in [-0.25, -0.2) is 19.6 Å². The minimum Gasteiger partial charge on any atom is -0.475 e. The standard InChI is InChI=1S/C34H32ClF3N6O2.2C2HF3O2/c35-29-19-26(9-10-30(29)46-27-8-4-7-24(18-27)34(36,37)38)42-32-28-17-23(11-14-39-31(28)40-21-41-32)33(45)43-25-12-15-44(16-13-25)20-22-5-2-1-3-6-22;2*3-2(4,5)1(6)7/h1-10,17-19,21,25H,11-16,20H2,(H,43,45)(H2,39,40,41,42);2*(H,6,7). The van der Waals surface area contributed by atoms with Crippen LogP contribution in [-0.2, 0) is 27.1 Å². The number of likely N-dealkylation sites (tertiary alicyclic amines) is 1. The Bertz CT molecular complexity index is 2120. The molecule has 4 aromatic rings. The van der Waals surface area contributed by atoms with E-state index < -0.39 is 36.0 Å². The lowest BCUT2D eigenvalue weighted by atomic mass is 10.0. The van der Waals surface area contributed by atoms with Crippen molar-refractivity contribution >= 4 is 52.8 Å². The number of piperidine rings is 1. The Morgan fingerprint density at radius 3 is 2.07 bits per heavy atom. The first-order valence-electron chi connectivity index (χ1n) is 17.5. The highest BCUT2D eigenvalue weighted by molar-refractivity contribution is 6.32. The quantitative estimate of drug-likeness (QED) is 0.107. The van der Waals surface area contributed by atoms with E-state index in [0.717, 1.165) is 44.6 Å². The number of rotatable bonds is 8. The highest BCUT2D eigenvalue weighted by atomic mass is 35.5. The molecule has 1 amide bonds. The number of benzene rings is 3. The van der Waals surface area contributed by atoms with Crippen molar-refractivity contribution in [2.45, 2.75) is 50.4 Å². The number of alkyl halides is 9. The van der Waals surface area contributed by atoms with E-state index in [2.05, 4.69) is 55.1 Å². The van der Waals surface area contributed by atoms with Crippen LogP contribution in [0, 0.1) is 0 Å². The fraction of sp³-hybridized carbons (Fsp3) is 0.289. The monoisotopic (exact) mass is 876 g/mol. The third kappa shape index (κ3) is 14.3. The first kappa shape index (κ1) is 46.6. The molecule has 1 fully saturated rings. The summed E-state index contributed by atoms with van der Waals surface area (Å²) in [7, 11) is 0. The zero-order valence-corrected chi connectivity index (χ0v) is 31.5. The fourth-order valence-electron chi connectivity index (χ4n) is 5.53. The van der Waals surface area contributed by atoms with E-state index in [1.807, 2.05) is 12.1 Å². The molecule has 0 radical (unpaired) electrons. The molecule has 3 aromatic carbocycles. The fourth-order valence-corrected chi connectivity index (χ4v) is 5.75. The number of carbonyl (C=O) groups is 3. The van der Waals surface area contributed by atoms with Crippen molar-refractivity contribution in [2.75, 3.05) is 30.3 Å². The number of aromatic nitrogens is 2. The van der Waals surface area contributed by atoms with Gasteiger partial charge in [0, 0.05) is 43.5 Å². The molecule has 0 unspecified atom stereocenters. The Labute approximate surface area is 340 Å². The summed E-state index contributed by atoms with van der Waals surface area (Å²) in [5, 5.41) is 24.2. The molecule has 0 saturated carbocycles. The van der Waals surface area contributed by atoms with Crippen LogP contribution in [0.1, 0.15) is 36.0 Å². The molecule has 2 aliphatic heterocycles. The van der Waals surface area contributed by atoms with Gasteiger partial charge in [-0.1, -0.05) is 48.0 Å². The van der Waals surface area contributed by atoms with Crippen molar-refractivity contribution in [1.29, 1.82) is 0 Å². The van der Waals surface area contributed by atoms with Gasteiger partial charge >= 0.3 is 30.5 Å². The van der Waals surface area contributed by atoms with Crippen LogP contribution in [0.15, 0.2) is 84.7 Å². The minimum absolute atomic E-state index is 0.0123. The van der Waals surface area contributed by atoms with Crippen LogP contribution in [0.3, 0.4) is 0 Å². The first-order chi connectivity index (χ1) is 28.1. The van der Waals surface area contributed by atoms with Crippen LogP contribution in [0.2, 0.25) is 5.02 Å². The van der Waals surface area contributed by atoms with E-state index in [1.165, 1.54) is 24.0 Å². The van der Waals surface area contributed by atoms with Crippen molar-refractivity contribution in [1.82, 2.24) is 20.2 Å². The van der Waals surface area contributed by atoms with Gasteiger partial charge in [0.2, 0.25) is 5.91 Å². The molecule has 1 saturated heterocycles. The molecule has 2 aliphatic rings. The van der Waals surface area contributed by atoms with Crippen molar-refractivity contribution in [3.63, 3.8) is 0 Å². The molecule has 12 nitrogen and oxygen atoms in total. The average Bonchev–Trinajstić information content (AvgIpc) is 3.40. The van der Waals surface area contributed by atoms with Gasteiger partial charge in [-0.2, -0.15) is 39.5 Å². The maximum Gasteiger partial charge on any atom is 0.490 e. The molecule has 322 valence electrons. The molecule has 6 rings (SSSR count). The number of carboxylic acids is 2. The van der Waals surface area contributed by atoms with Gasteiger partial charge in [0.25, 0.3) is 0 Å². The van der Waals surface area contributed by atoms with Crippen LogP contribution in [0.5, 0.6) is 11.5 Å². The van der Waals surface area contributed by atoms with Gasteiger partial charge in [-0.05, 0) is 67.3 Å². The van der Waals surface area contributed by atoms with Gasteiger partial charge in [0.05, 0.1) is 16.1 Å². The van der Waals surface area contributed by atoms with Crippen LogP contribution in [0.4, 0.5) is 56.8 Å². The van der Waals surface area contributed by atoms with Gasteiger partial charge < -0.3 is 30.9 Å². The smallest absolute Gasteiger partial charge is 0.475 e. The zero-order chi connectivity index (χ0) is 44.3. The molecule has 22 heteroatoms. The minimum atomic E-state index is -5.08. The Morgan fingerprint density at radius 2 is 1.48 bits per heavy atom. The Hall–Kier alpha value is -6.09. The predicted octanol–water partition coefficient (Wildman–Crippen LogP) is 8.93.